The maximum Gasteiger partial charge on any atom is 0.228 e. The number of hydrogen-bond acceptors (Lipinski definition) is 4. The van der Waals surface area contributed by atoms with E-state index in [0.717, 1.165) is 6.42 Å². The second kappa shape index (κ2) is 4.59. The number of carbonyl (C=O) groups excluding carboxylic acids is 1. The first-order chi connectivity index (χ1) is 6.22. The van der Waals surface area contributed by atoms with E-state index in [1.165, 1.54) is 6.92 Å². The Labute approximate surface area is 76.5 Å². The molecule has 13 heavy (non-hydrogen) atoms. The molecular weight excluding hydrogens is 170 g/mol. The predicted octanol–water partition coefficient (Wildman–Crippen LogP) is 0.311. The van der Waals surface area contributed by atoms with Crippen LogP contribution in [0.15, 0.2) is 4.52 Å². The Hall–Kier alpha value is -1.39. The molecule has 0 unspecified atom stereocenters. The van der Waals surface area contributed by atoms with Crippen LogP contribution in [0.2, 0.25) is 0 Å². The summed E-state index contributed by atoms with van der Waals surface area (Å²) < 4.78 is 4.92. The van der Waals surface area contributed by atoms with E-state index < -0.39 is 0 Å². The van der Waals surface area contributed by atoms with Crippen LogP contribution in [0.4, 0.5) is 0 Å². The summed E-state index contributed by atoms with van der Waals surface area (Å²) in [6, 6.07) is 0. The standard InChI is InChI=1S/C8H13N3O2/c1-3-7-10-8(13-11-7)4-5-9-6(2)12/h3-5H2,1-2H3,(H,9,12). The molecule has 1 aromatic rings. The summed E-state index contributed by atoms with van der Waals surface area (Å²) in [5.74, 6) is 1.23. The Morgan fingerprint density at radius 2 is 2.38 bits per heavy atom. The smallest absolute Gasteiger partial charge is 0.228 e. The van der Waals surface area contributed by atoms with Crippen LogP contribution in [0, 0.1) is 0 Å². The van der Waals surface area contributed by atoms with Crippen molar-refractivity contribution < 1.29 is 9.32 Å². The zero-order chi connectivity index (χ0) is 9.68. The normalized spacial score (nSPS) is 10.0. The number of nitrogens with one attached hydrogen (secondary N) is 1. The summed E-state index contributed by atoms with van der Waals surface area (Å²) in [6.45, 7) is 3.98. The highest BCUT2D eigenvalue weighted by atomic mass is 16.5. The summed E-state index contributed by atoms with van der Waals surface area (Å²) in [4.78, 5) is 14.6. The molecular formula is C8H13N3O2. The molecule has 0 atom stereocenters. The number of carbonyl (C=O) groups is 1. The average Bonchev–Trinajstić information content (AvgIpc) is 2.52. The molecule has 1 heterocycles. The van der Waals surface area contributed by atoms with E-state index in [2.05, 4.69) is 15.5 Å². The first-order valence-corrected chi connectivity index (χ1v) is 4.28. The van der Waals surface area contributed by atoms with Crippen LogP contribution in [-0.2, 0) is 17.6 Å². The molecule has 1 N–H and O–H groups in total. The third-order valence-electron chi connectivity index (χ3n) is 1.54. The number of amides is 1. The predicted molar refractivity (Wildman–Crippen MR) is 46.1 cm³/mol. The Balaban J connectivity index is 2.32. The minimum Gasteiger partial charge on any atom is -0.356 e. The first kappa shape index (κ1) is 9.70. The molecule has 0 aromatic carbocycles. The van der Waals surface area contributed by atoms with E-state index in [-0.39, 0.29) is 5.91 Å². The monoisotopic (exact) mass is 183 g/mol. The van der Waals surface area contributed by atoms with E-state index in [1.807, 2.05) is 6.92 Å². The van der Waals surface area contributed by atoms with Crippen molar-refractivity contribution in [2.24, 2.45) is 0 Å². The van der Waals surface area contributed by atoms with Crippen LogP contribution in [0.5, 0.6) is 0 Å². The van der Waals surface area contributed by atoms with Gasteiger partial charge in [-0.25, -0.2) is 0 Å². The molecule has 0 aliphatic carbocycles. The molecule has 5 nitrogen and oxygen atoms in total. The molecule has 72 valence electrons. The molecule has 0 saturated carbocycles. The highest BCUT2D eigenvalue weighted by molar-refractivity contribution is 5.72. The summed E-state index contributed by atoms with van der Waals surface area (Å²) in [6.07, 6.45) is 1.36. The minimum atomic E-state index is -0.0461. The molecule has 1 aromatic heterocycles. The molecule has 5 heteroatoms. The second-order valence-corrected chi connectivity index (χ2v) is 2.69. The fraction of sp³-hybridized carbons (Fsp3) is 0.625. The second-order valence-electron chi connectivity index (χ2n) is 2.69. The van der Waals surface area contributed by atoms with Gasteiger partial charge in [-0.3, -0.25) is 4.79 Å². The fourth-order valence-electron chi connectivity index (χ4n) is 0.881. The fourth-order valence-corrected chi connectivity index (χ4v) is 0.881. The van der Waals surface area contributed by atoms with Gasteiger partial charge in [0.15, 0.2) is 5.82 Å². The molecule has 1 rings (SSSR count). The molecule has 0 radical (unpaired) electrons. The maximum atomic E-state index is 10.5. The Morgan fingerprint density at radius 1 is 1.62 bits per heavy atom. The van der Waals surface area contributed by atoms with E-state index >= 15 is 0 Å². The lowest BCUT2D eigenvalue weighted by molar-refractivity contribution is -0.118. The molecule has 0 saturated heterocycles. The van der Waals surface area contributed by atoms with Gasteiger partial charge in [-0.05, 0) is 0 Å². The molecule has 0 bridgehead atoms. The summed E-state index contributed by atoms with van der Waals surface area (Å²) in [5.41, 5.74) is 0. The van der Waals surface area contributed by atoms with Crippen LogP contribution in [0.3, 0.4) is 0 Å². The van der Waals surface area contributed by atoms with Gasteiger partial charge in [0.25, 0.3) is 0 Å². The summed E-state index contributed by atoms with van der Waals surface area (Å²) in [5, 5.41) is 6.39. The van der Waals surface area contributed by atoms with Crippen molar-refractivity contribution in [3.63, 3.8) is 0 Å². The topological polar surface area (TPSA) is 68.0 Å². The SMILES string of the molecule is CCc1noc(CCNC(C)=O)n1. The van der Waals surface area contributed by atoms with Crippen molar-refractivity contribution >= 4 is 5.91 Å². The van der Waals surface area contributed by atoms with Gasteiger partial charge >= 0.3 is 0 Å². The Kier molecular flexibility index (Phi) is 3.42. The number of aryl methyl sites for hydroxylation is 1. The molecule has 0 fully saturated rings. The zero-order valence-electron chi connectivity index (χ0n) is 7.83. The van der Waals surface area contributed by atoms with Crippen LogP contribution >= 0.6 is 0 Å². The van der Waals surface area contributed by atoms with Crippen molar-refractivity contribution in [2.75, 3.05) is 6.54 Å². The Bertz CT molecular complexity index is 283. The van der Waals surface area contributed by atoms with Crippen molar-refractivity contribution in [1.82, 2.24) is 15.5 Å². The number of aromatic nitrogens is 2. The van der Waals surface area contributed by atoms with E-state index in [0.29, 0.717) is 24.7 Å². The van der Waals surface area contributed by atoms with Gasteiger partial charge < -0.3 is 9.84 Å². The van der Waals surface area contributed by atoms with Gasteiger partial charge in [0.1, 0.15) is 0 Å². The van der Waals surface area contributed by atoms with Crippen molar-refractivity contribution in [3.05, 3.63) is 11.7 Å². The highest BCUT2D eigenvalue weighted by Crippen LogP contribution is 1.97. The van der Waals surface area contributed by atoms with Gasteiger partial charge in [-0.2, -0.15) is 4.98 Å². The van der Waals surface area contributed by atoms with Crippen molar-refractivity contribution in [2.45, 2.75) is 26.7 Å². The zero-order valence-corrected chi connectivity index (χ0v) is 7.83. The quantitative estimate of drug-likeness (QED) is 0.729. The van der Waals surface area contributed by atoms with Gasteiger partial charge in [0.05, 0.1) is 0 Å². The van der Waals surface area contributed by atoms with Gasteiger partial charge in [-0.1, -0.05) is 12.1 Å². The van der Waals surface area contributed by atoms with E-state index in [1.54, 1.807) is 0 Å². The Morgan fingerprint density at radius 3 is 2.92 bits per heavy atom. The highest BCUT2D eigenvalue weighted by Gasteiger charge is 2.03. The van der Waals surface area contributed by atoms with E-state index in [4.69, 9.17) is 4.52 Å². The summed E-state index contributed by atoms with van der Waals surface area (Å²) in [7, 11) is 0. The largest absolute Gasteiger partial charge is 0.356 e. The third kappa shape index (κ3) is 3.23. The van der Waals surface area contributed by atoms with Crippen LogP contribution in [0.25, 0.3) is 0 Å². The minimum absolute atomic E-state index is 0.0461. The molecule has 1 amide bonds. The van der Waals surface area contributed by atoms with Crippen LogP contribution in [-0.4, -0.2) is 22.6 Å². The average molecular weight is 183 g/mol. The molecule has 0 spiro atoms. The molecule has 0 aliphatic heterocycles. The van der Waals surface area contributed by atoms with Gasteiger partial charge in [0.2, 0.25) is 11.8 Å². The third-order valence-corrected chi connectivity index (χ3v) is 1.54. The van der Waals surface area contributed by atoms with E-state index in [9.17, 15) is 4.79 Å². The lowest BCUT2D eigenvalue weighted by atomic mass is 10.4. The molecule has 0 aliphatic rings. The number of nitrogens with zero attached hydrogens (tertiary/aromatic N) is 2. The van der Waals surface area contributed by atoms with Crippen LogP contribution in [0.1, 0.15) is 25.6 Å². The lowest BCUT2D eigenvalue weighted by Gasteiger charge is -1.96. The lowest BCUT2D eigenvalue weighted by Crippen LogP contribution is -2.22. The van der Waals surface area contributed by atoms with Crippen LogP contribution < -0.4 is 5.32 Å². The maximum absolute atomic E-state index is 10.5. The number of rotatable bonds is 4. The number of hydrogen-bond donors (Lipinski definition) is 1. The van der Waals surface area contributed by atoms with Gasteiger partial charge in [-0.15, -0.1) is 0 Å². The van der Waals surface area contributed by atoms with Gasteiger partial charge in [0, 0.05) is 26.3 Å². The summed E-state index contributed by atoms with van der Waals surface area (Å²) >= 11 is 0. The first-order valence-electron chi connectivity index (χ1n) is 4.28. The van der Waals surface area contributed by atoms with Crippen molar-refractivity contribution in [1.29, 1.82) is 0 Å². The van der Waals surface area contributed by atoms with Crippen molar-refractivity contribution in [3.8, 4) is 0 Å².